The number of anilines is 1. The molecule has 7 heteroatoms. The van der Waals surface area contributed by atoms with Crippen molar-refractivity contribution in [3.05, 3.63) is 47.3 Å². The average Bonchev–Trinajstić information content (AvgIpc) is 2.54. The van der Waals surface area contributed by atoms with Gasteiger partial charge in [0.25, 0.3) is 0 Å². The first-order chi connectivity index (χ1) is 11.9. The number of hydrogen-bond acceptors (Lipinski definition) is 5. The Morgan fingerprint density at radius 3 is 2.40 bits per heavy atom. The van der Waals surface area contributed by atoms with Crippen LogP contribution in [0.25, 0.3) is 0 Å². The summed E-state index contributed by atoms with van der Waals surface area (Å²) in [5, 5.41) is 0. The molecule has 1 N–H and O–H groups in total. The van der Waals surface area contributed by atoms with Crippen LogP contribution < -0.4 is 9.62 Å². The van der Waals surface area contributed by atoms with Crippen LogP contribution in [0.15, 0.2) is 35.5 Å². The van der Waals surface area contributed by atoms with Crippen LogP contribution in [0.1, 0.15) is 29.5 Å². The van der Waals surface area contributed by atoms with E-state index in [2.05, 4.69) is 14.7 Å². The van der Waals surface area contributed by atoms with E-state index in [0.717, 1.165) is 36.1 Å². The van der Waals surface area contributed by atoms with Crippen molar-refractivity contribution in [1.82, 2.24) is 14.7 Å². The van der Waals surface area contributed by atoms with Gasteiger partial charge in [0.2, 0.25) is 16.0 Å². The molecular weight excluding hydrogens is 336 g/mol. The van der Waals surface area contributed by atoms with Crippen LogP contribution in [0, 0.1) is 20.8 Å². The van der Waals surface area contributed by atoms with E-state index in [1.807, 2.05) is 37.8 Å². The maximum Gasteiger partial charge on any atom is 0.241 e. The highest BCUT2D eigenvalue weighted by molar-refractivity contribution is 7.89. The summed E-state index contributed by atoms with van der Waals surface area (Å²) in [6, 6.07) is 5.44. The Morgan fingerprint density at radius 2 is 1.76 bits per heavy atom. The average molecular weight is 360 g/mol. The van der Waals surface area contributed by atoms with Crippen LogP contribution in [-0.2, 0) is 10.0 Å². The second-order valence-electron chi connectivity index (χ2n) is 6.68. The Balaban J connectivity index is 1.79. The molecule has 1 unspecified atom stereocenters. The minimum Gasteiger partial charge on any atom is -0.339 e. The summed E-state index contributed by atoms with van der Waals surface area (Å²) in [6.07, 6.45) is 5.12. The Labute approximate surface area is 149 Å². The van der Waals surface area contributed by atoms with E-state index in [4.69, 9.17) is 0 Å². The fourth-order valence-corrected chi connectivity index (χ4v) is 5.29. The smallest absolute Gasteiger partial charge is 0.241 e. The summed E-state index contributed by atoms with van der Waals surface area (Å²) in [6.45, 7) is 7.08. The molecule has 0 amide bonds. The number of piperidine rings is 1. The van der Waals surface area contributed by atoms with Gasteiger partial charge in [-0.15, -0.1) is 0 Å². The minimum absolute atomic E-state index is 0.150. The Hall–Kier alpha value is -1.99. The largest absolute Gasteiger partial charge is 0.339 e. The summed E-state index contributed by atoms with van der Waals surface area (Å²) >= 11 is 0. The number of aromatic nitrogens is 2. The predicted octanol–water partition coefficient (Wildman–Crippen LogP) is 2.35. The predicted molar refractivity (Wildman–Crippen MR) is 98.2 cm³/mol. The van der Waals surface area contributed by atoms with Crippen molar-refractivity contribution in [3.63, 3.8) is 0 Å². The van der Waals surface area contributed by atoms with Gasteiger partial charge in [-0.1, -0.05) is 17.7 Å². The van der Waals surface area contributed by atoms with Gasteiger partial charge in [-0.05, 0) is 50.8 Å². The molecule has 1 aliphatic heterocycles. The molecule has 0 radical (unpaired) electrons. The van der Waals surface area contributed by atoms with Gasteiger partial charge in [0, 0.05) is 31.5 Å². The van der Waals surface area contributed by atoms with Crippen molar-refractivity contribution in [2.75, 3.05) is 18.0 Å². The highest BCUT2D eigenvalue weighted by Crippen LogP contribution is 2.23. The van der Waals surface area contributed by atoms with Gasteiger partial charge < -0.3 is 4.90 Å². The van der Waals surface area contributed by atoms with Gasteiger partial charge in [0.15, 0.2) is 0 Å². The zero-order valence-corrected chi connectivity index (χ0v) is 15.7. The molecule has 0 bridgehead atoms. The molecule has 1 aromatic heterocycles. The van der Waals surface area contributed by atoms with Crippen LogP contribution in [0.3, 0.4) is 0 Å². The lowest BCUT2D eigenvalue weighted by atomic mass is 10.1. The molecule has 2 heterocycles. The first-order valence-corrected chi connectivity index (χ1v) is 9.97. The van der Waals surface area contributed by atoms with E-state index in [1.54, 1.807) is 18.5 Å². The Kier molecular flexibility index (Phi) is 5.06. The topological polar surface area (TPSA) is 75.2 Å². The number of aryl methyl sites for hydroxylation is 3. The highest BCUT2D eigenvalue weighted by atomic mass is 32.2. The lowest BCUT2D eigenvalue weighted by molar-refractivity contribution is 0.461. The zero-order valence-electron chi connectivity index (χ0n) is 14.9. The third kappa shape index (κ3) is 3.99. The normalized spacial score (nSPS) is 18.4. The van der Waals surface area contributed by atoms with Crippen LogP contribution in [-0.4, -0.2) is 37.5 Å². The summed E-state index contributed by atoms with van der Waals surface area (Å²) in [5.41, 5.74) is 2.63. The third-order valence-electron chi connectivity index (χ3n) is 4.45. The van der Waals surface area contributed by atoms with E-state index in [-0.39, 0.29) is 6.04 Å². The van der Waals surface area contributed by atoms with Crippen molar-refractivity contribution in [1.29, 1.82) is 0 Å². The SMILES string of the molecule is Cc1cc(C)c(S(=O)(=O)NC2CCCN(c3ncccn3)C2)c(C)c1. The van der Waals surface area contributed by atoms with Crippen LogP contribution in [0.5, 0.6) is 0 Å². The van der Waals surface area contributed by atoms with Crippen LogP contribution in [0.2, 0.25) is 0 Å². The molecule has 0 aliphatic carbocycles. The van der Waals surface area contributed by atoms with Crippen molar-refractivity contribution >= 4 is 16.0 Å². The van der Waals surface area contributed by atoms with E-state index in [1.165, 1.54) is 0 Å². The summed E-state index contributed by atoms with van der Waals surface area (Å²) in [5.74, 6) is 0.647. The van der Waals surface area contributed by atoms with E-state index >= 15 is 0 Å². The lowest BCUT2D eigenvalue weighted by Gasteiger charge is -2.33. The van der Waals surface area contributed by atoms with Crippen LogP contribution in [0.4, 0.5) is 5.95 Å². The first kappa shape index (κ1) is 17.8. The van der Waals surface area contributed by atoms with Crippen LogP contribution >= 0.6 is 0 Å². The van der Waals surface area contributed by atoms with E-state index in [0.29, 0.717) is 17.4 Å². The number of nitrogens with one attached hydrogen (secondary N) is 1. The van der Waals surface area contributed by atoms with Crippen molar-refractivity contribution in [2.45, 2.75) is 44.6 Å². The summed E-state index contributed by atoms with van der Waals surface area (Å²) in [7, 11) is -3.56. The van der Waals surface area contributed by atoms with Gasteiger partial charge >= 0.3 is 0 Å². The number of sulfonamides is 1. The molecule has 1 saturated heterocycles. The van der Waals surface area contributed by atoms with E-state index in [9.17, 15) is 8.42 Å². The molecule has 1 aromatic carbocycles. The molecule has 2 aromatic rings. The zero-order chi connectivity index (χ0) is 18.0. The van der Waals surface area contributed by atoms with Gasteiger partial charge in [0.1, 0.15) is 0 Å². The second kappa shape index (κ2) is 7.09. The fourth-order valence-electron chi connectivity index (χ4n) is 3.58. The molecule has 1 fully saturated rings. The number of nitrogens with zero attached hydrogens (tertiary/aromatic N) is 3. The first-order valence-electron chi connectivity index (χ1n) is 8.49. The summed E-state index contributed by atoms with van der Waals surface area (Å²) in [4.78, 5) is 11.0. The highest BCUT2D eigenvalue weighted by Gasteiger charge is 2.28. The van der Waals surface area contributed by atoms with Gasteiger partial charge in [-0.2, -0.15) is 0 Å². The molecule has 134 valence electrons. The second-order valence-corrected chi connectivity index (χ2v) is 8.33. The fraction of sp³-hybridized carbons (Fsp3) is 0.444. The Bertz CT molecular complexity index is 830. The molecule has 6 nitrogen and oxygen atoms in total. The standard InChI is InChI=1S/C18H24N4O2S/c1-13-10-14(2)17(15(3)11-13)25(23,24)21-16-6-4-9-22(12-16)18-19-7-5-8-20-18/h5,7-8,10-11,16,21H,4,6,9,12H2,1-3H3. The lowest BCUT2D eigenvalue weighted by Crippen LogP contribution is -2.48. The third-order valence-corrected chi connectivity index (χ3v) is 6.28. The van der Waals surface area contributed by atoms with Crippen molar-refractivity contribution in [3.8, 4) is 0 Å². The van der Waals surface area contributed by atoms with Crippen molar-refractivity contribution < 1.29 is 8.42 Å². The number of rotatable bonds is 4. The molecular formula is C18H24N4O2S. The molecule has 25 heavy (non-hydrogen) atoms. The maximum atomic E-state index is 12.9. The van der Waals surface area contributed by atoms with Gasteiger partial charge in [-0.25, -0.2) is 23.1 Å². The minimum atomic E-state index is -3.56. The number of hydrogen-bond donors (Lipinski definition) is 1. The Morgan fingerprint density at radius 1 is 1.12 bits per heavy atom. The molecule has 1 aliphatic rings. The maximum absolute atomic E-state index is 12.9. The quantitative estimate of drug-likeness (QED) is 0.906. The molecule has 0 spiro atoms. The monoisotopic (exact) mass is 360 g/mol. The molecule has 0 saturated carbocycles. The summed E-state index contributed by atoms with van der Waals surface area (Å²) < 4.78 is 28.8. The molecule has 1 atom stereocenters. The van der Waals surface area contributed by atoms with E-state index < -0.39 is 10.0 Å². The number of benzene rings is 1. The van der Waals surface area contributed by atoms with Gasteiger partial charge in [0.05, 0.1) is 4.90 Å². The van der Waals surface area contributed by atoms with Gasteiger partial charge in [-0.3, -0.25) is 0 Å². The van der Waals surface area contributed by atoms with Crippen molar-refractivity contribution in [2.24, 2.45) is 0 Å². The molecule has 3 rings (SSSR count).